The van der Waals surface area contributed by atoms with E-state index >= 15 is 0 Å². The maximum atomic E-state index is 6.22. The van der Waals surface area contributed by atoms with Crippen molar-refractivity contribution in [3.63, 3.8) is 0 Å². The van der Waals surface area contributed by atoms with E-state index in [-0.39, 0.29) is 0 Å². The highest BCUT2D eigenvalue weighted by molar-refractivity contribution is 6.09. The van der Waals surface area contributed by atoms with Crippen molar-refractivity contribution in [2.75, 3.05) is 12.8 Å². The summed E-state index contributed by atoms with van der Waals surface area (Å²) < 4.78 is 11.5. The van der Waals surface area contributed by atoms with Crippen molar-refractivity contribution in [2.24, 2.45) is 0 Å². The molecule has 0 aliphatic rings. The second-order valence-electron chi connectivity index (χ2n) is 6.50. The molecular weight excluding hydrogens is 350 g/mol. The summed E-state index contributed by atoms with van der Waals surface area (Å²) in [5, 5.41) is 2.96. The number of methoxy groups -OCH3 is 1. The van der Waals surface area contributed by atoms with Crippen molar-refractivity contribution in [1.29, 1.82) is 0 Å². The number of fused-ring (bicyclic) bond motifs is 2. The summed E-state index contributed by atoms with van der Waals surface area (Å²) in [7, 11) is 1.65. The molecule has 0 unspecified atom stereocenters. The highest BCUT2D eigenvalue weighted by Gasteiger charge is 2.22. The summed E-state index contributed by atoms with van der Waals surface area (Å²) in [4.78, 5) is 8.48. The molecular formula is C23H17N3O2. The fraction of sp³-hybridized carbons (Fsp3) is 0.0435. The van der Waals surface area contributed by atoms with Crippen molar-refractivity contribution in [1.82, 2.24) is 9.97 Å². The third kappa shape index (κ3) is 2.48. The van der Waals surface area contributed by atoms with E-state index in [1.54, 1.807) is 7.11 Å². The number of hydrogen-bond acceptors (Lipinski definition) is 5. The molecule has 0 spiro atoms. The number of nitrogen functional groups attached to an aromatic ring is 1. The lowest BCUT2D eigenvalue weighted by atomic mass is 9.96. The molecule has 136 valence electrons. The van der Waals surface area contributed by atoms with Crippen LogP contribution in [0.3, 0.4) is 0 Å². The minimum absolute atomic E-state index is 0.394. The minimum Gasteiger partial charge on any atom is -0.497 e. The molecule has 3 aromatic carbocycles. The van der Waals surface area contributed by atoms with Crippen molar-refractivity contribution >= 4 is 27.7 Å². The maximum Gasteiger partial charge on any atom is 0.232 e. The van der Waals surface area contributed by atoms with Gasteiger partial charge in [0, 0.05) is 11.1 Å². The van der Waals surface area contributed by atoms with Gasteiger partial charge in [-0.3, -0.25) is 0 Å². The van der Waals surface area contributed by atoms with Crippen LogP contribution in [-0.2, 0) is 0 Å². The lowest BCUT2D eigenvalue weighted by molar-refractivity contribution is 0.415. The highest BCUT2D eigenvalue weighted by Crippen LogP contribution is 2.44. The SMILES string of the molecule is COc1ccc(-c2c(-c3cccc4ccccc34)oc3ncnc(N)c23)cc1. The van der Waals surface area contributed by atoms with Crippen LogP contribution in [0, 0.1) is 0 Å². The van der Waals surface area contributed by atoms with Crippen LogP contribution in [0.15, 0.2) is 77.5 Å². The molecule has 0 fully saturated rings. The van der Waals surface area contributed by atoms with E-state index in [4.69, 9.17) is 14.9 Å². The average Bonchev–Trinajstić information content (AvgIpc) is 3.14. The third-order valence-electron chi connectivity index (χ3n) is 4.93. The van der Waals surface area contributed by atoms with E-state index in [1.165, 1.54) is 6.33 Å². The number of nitrogens with zero attached hydrogens (tertiary/aromatic N) is 2. The van der Waals surface area contributed by atoms with Gasteiger partial charge in [-0.25, -0.2) is 9.97 Å². The smallest absolute Gasteiger partial charge is 0.232 e. The largest absolute Gasteiger partial charge is 0.497 e. The molecule has 28 heavy (non-hydrogen) atoms. The highest BCUT2D eigenvalue weighted by atomic mass is 16.5. The van der Waals surface area contributed by atoms with Crippen molar-refractivity contribution < 1.29 is 9.15 Å². The molecule has 0 bridgehead atoms. The summed E-state index contributed by atoms with van der Waals surface area (Å²) in [6, 6.07) is 22.2. The number of anilines is 1. The van der Waals surface area contributed by atoms with Gasteiger partial charge in [-0.2, -0.15) is 0 Å². The van der Waals surface area contributed by atoms with Crippen LogP contribution >= 0.6 is 0 Å². The summed E-state index contributed by atoms with van der Waals surface area (Å²) in [5.41, 5.74) is 9.52. The Morgan fingerprint density at radius 2 is 1.68 bits per heavy atom. The van der Waals surface area contributed by atoms with Gasteiger partial charge in [0.25, 0.3) is 0 Å². The Bertz CT molecular complexity index is 1300. The Labute approximate surface area is 161 Å². The molecule has 5 aromatic rings. The third-order valence-corrected chi connectivity index (χ3v) is 4.93. The number of rotatable bonds is 3. The Kier molecular flexibility index (Phi) is 3.72. The van der Waals surface area contributed by atoms with E-state index in [9.17, 15) is 0 Å². The summed E-state index contributed by atoms with van der Waals surface area (Å²) in [6.45, 7) is 0. The van der Waals surface area contributed by atoms with E-state index in [1.807, 2.05) is 42.5 Å². The van der Waals surface area contributed by atoms with Crippen molar-refractivity contribution in [3.8, 4) is 28.2 Å². The quantitative estimate of drug-likeness (QED) is 0.468. The molecule has 2 aromatic heterocycles. The molecule has 0 radical (unpaired) electrons. The van der Waals surface area contributed by atoms with Gasteiger partial charge in [0.15, 0.2) is 0 Å². The van der Waals surface area contributed by atoms with Crippen LogP contribution < -0.4 is 10.5 Å². The summed E-state index contributed by atoms with van der Waals surface area (Å²) in [5.74, 6) is 1.91. The van der Waals surface area contributed by atoms with Crippen molar-refractivity contribution in [2.45, 2.75) is 0 Å². The standard InChI is InChI=1S/C23H17N3O2/c1-27-16-11-9-15(10-12-16)19-20-22(24)25-13-26-23(20)28-21(19)18-8-4-6-14-5-2-3-7-17(14)18/h2-13H,1H3,(H2,24,25,26). The molecule has 2 heterocycles. The van der Waals surface area contributed by atoms with E-state index in [0.717, 1.165) is 44.4 Å². The van der Waals surface area contributed by atoms with Crippen LogP contribution in [0.5, 0.6) is 5.75 Å². The first-order chi connectivity index (χ1) is 13.8. The maximum absolute atomic E-state index is 6.22. The van der Waals surface area contributed by atoms with Gasteiger partial charge < -0.3 is 14.9 Å². The molecule has 0 saturated carbocycles. The van der Waals surface area contributed by atoms with E-state index in [0.29, 0.717) is 11.5 Å². The zero-order valence-corrected chi connectivity index (χ0v) is 15.2. The molecule has 0 saturated heterocycles. The molecule has 0 atom stereocenters. The average molecular weight is 367 g/mol. The lowest BCUT2D eigenvalue weighted by Gasteiger charge is -2.08. The Hall–Kier alpha value is -3.86. The molecule has 0 aliphatic heterocycles. The topological polar surface area (TPSA) is 74.2 Å². The van der Waals surface area contributed by atoms with Gasteiger partial charge >= 0.3 is 0 Å². The van der Waals surface area contributed by atoms with E-state index < -0.39 is 0 Å². The second-order valence-corrected chi connectivity index (χ2v) is 6.50. The van der Waals surface area contributed by atoms with Gasteiger partial charge in [-0.15, -0.1) is 0 Å². The second kappa shape index (κ2) is 6.39. The molecule has 5 nitrogen and oxygen atoms in total. The van der Waals surface area contributed by atoms with Gasteiger partial charge in [0.2, 0.25) is 5.71 Å². The first-order valence-electron chi connectivity index (χ1n) is 8.92. The first-order valence-corrected chi connectivity index (χ1v) is 8.92. The lowest BCUT2D eigenvalue weighted by Crippen LogP contribution is -1.92. The Morgan fingerprint density at radius 3 is 2.50 bits per heavy atom. The zero-order valence-electron chi connectivity index (χ0n) is 15.2. The van der Waals surface area contributed by atoms with Crippen LogP contribution in [0.25, 0.3) is 44.3 Å². The number of nitrogens with two attached hydrogens (primary N) is 1. The fourth-order valence-corrected chi connectivity index (χ4v) is 3.60. The Balaban J connectivity index is 1.87. The normalized spacial score (nSPS) is 11.2. The van der Waals surface area contributed by atoms with Crippen molar-refractivity contribution in [3.05, 3.63) is 73.1 Å². The van der Waals surface area contributed by atoms with E-state index in [2.05, 4.69) is 34.2 Å². The predicted molar refractivity (Wildman–Crippen MR) is 111 cm³/mol. The van der Waals surface area contributed by atoms with Crippen LogP contribution in [-0.4, -0.2) is 17.1 Å². The van der Waals surface area contributed by atoms with Gasteiger partial charge in [-0.05, 0) is 28.5 Å². The molecule has 2 N–H and O–H groups in total. The van der Waals surface area contributed by atoms with Crippen LogP contribution in [0.2, 0.25) is 0 Å². The van der Waals surface area contributed by atoms with Gasteiger partial charge in [-0.1, -0.05) is 54.6 Å². The first kappa shape index (κ1) is 16.3. The van der Waals surface area contributed by atoms with Crippen LogP contribution in [0.4, 0.5) is 5.82 Å². The number of hydrogen-bond donors (Lipinski definition) is 1. The van der Waals surface area contributed by atoms with Crippen LogP contribution in [0.1, 0.15) is 0 Å². The van der Waals surface area contributed by atoms with Gasteiger partial charge in [0.1, 0.15) is 23.7 Å². The number of furan rings is 1. The minimum atomic E-state index is 0.394. The zero-order chi connectivity index (χ0) is 19.1. The number of aromatic nitrogens is 2. The summed E-state index contributed by atoms with van der Waals surface area (Å²) in [6.07, 6.45) is 1.42. The summed E-state index contributed by atoms with van der Waals surface area (Å²) >= 11 is 0. The number of ether oxygens (including phenoxy) is 1. The molecule has 0 aliphatic carbocycles. The van der Waals surface area contributed by atoms with Gasteiger partial charge in [0.05, 0.1) is 12.5 Å². The Morgan fingerprint density at radius 1 is 0.893 bits per heavy atom. The molecule has 5 heteroatoms. The number of benzene rings is 3. The monoisotopic (exact) mass is 367 g/mol. The predicted octanol–water partition coefficient (Wildman–Crippen LogP) is 5.30. The molecule has 0 amide bonds. The molecule has 5 rings (SSSR count). The fourth-order valence-electron chi connectivity index (χ4n) is 3.60.